The maximum absolute atomic E-state index is 14.1. The van der Waals surface area contributed by atoms with Gasteiger partial charge in [-0.25, -0.2) is 24.3 Å². The third-order valence-corrected chi connectivity index (χ3v) is 15.7. The molecule has 0 saturated carbocycles. The summed E-state index contributed by atoms with van der Waals surface area (Å²) in [4.78, 5) is 57.2. The zero-order valence-electron chi connectivity index (χ0n) is 48.2. The van der Waals surface area contributed by atoms with Gasteiger partial charge >= 0.3 is 0 Å². The molecule has 0 aliphatic carbocycles. The van der Waals surface area contributed by atoms with Crippen molar-refractivity contribution in [1.29, 1.82) is 0 Å². The molecule has 22 heteroatoms. The molecule has 6 heterocycles. The minimum atomic E-state index is -0.393. The van der Waals surface area contributed by atoms with Crippen molar-refractivity contribution >= 4 is 62.5 Å². The molecule has 8 aromatic rings. The summed E-state index contributed by atoms with van der Waals surface area (Å²) in [6.45, 7) is 9.59. The van der Waals surface area contributed by atoms with Crippen molar-refractivity contribution in [2.24, 2.45) is 5.41 Å². The van der Waals surface area contributed by atoms with Crippen LogP contribution in [0.4, 0.5) is 4.39 Å². The zero-order valence-corrected chi connectivity index (χ0v) is 49.7. The van der Waals surface area contributed by atoms with Crippen LogP contribution < -0.4 is 28.4 Å². The van der Waals surface area contributed by atoms with Crippen LogP contribution >= 0.6 is 23.2 Å². The van der Waals surface area contributed by atoms with E-state index >= 15 is 0 Å². The quantitative estimate of drug-likeness (QED) is 0.0486. The third-order valence-electron chi connectivity index (χ3n) is 15.0. The number of amides is 1. The summed E-state index contributed by atoms with van der Waals surface area (Å²) in [6.07, 6.45) is 7.16. The summed E-state index contributed by atoms with van der Waals surface area (Å²) in [7, 11) is 3.12. The van der Waals surface area contributed by atoms with Crippen molar-refractivity contribution < 1.29 is 65.9 Å². The number of halogens is 3. The molecular formula is C65H69Cl2FN6O13. The summed E-state index contributed by atoms with van der Waals surface area (Å²) in [5.74, 6) is 3.85. The SMILES string of the molecule is C.COc1cc2c(Oc3ccc(CC(=O)Cc4cc(C)ccc4F)c(Cl)c3)ncnc2cc1OCCCOC1COC1.COc1cc2c(Oc3ccc(CC(=O)Cc4cc(C)on4)c(Cl)c3)ncnc2cc1OCCCC(=O)N1CCC2(CC1)COC2. The number of rotatable bonds is 25. The first-order chi connectivity index (χ1) is 41.7. The van der Waals surface area contributed by atoms with E-state index in [0.717, 1.165) is 51.1 Å². The fourth-order valence-corrected chi connectivity index (χ4v) is 10.5. The summed E-state index contributed by atoms with van der Waals surface area (Å²) in [5, 5.41) is 5.89. The van der Waals surface area contributed by atoms with Gasteiger partial charge in [0, 0.05) is 78.9 Å². The van der Waals surface area contributed by atoms with E-state index in [9.17, 15) is 18.8 Å². The van der Waals surface area contributed by atoms with E-state index in [1.807, 2.05) is 11.8 Å². The molecule has 0 radical (unpaired) electrons. The highest BCUT2D eigenvalue weighted by molar-refractivity contribution is 6.32. The number of ketones is 2. The van der Waals surface area contributed by atoms with Crippen LogP contribution in [0.2, 0.25) is 10.0 Å². The average molecular weight is 1230 g/mol. The Balaban J connectivity index is 0.000000206. The number of aryl methyl sites for hydroxylation is 2. The Morgan fingerprint density at radius 2 is 1.21 bits per heavy atom. The van der Waals surface area contributed by atoms with Crippen LogP contribution in [0.15, 0.2) is 102 Å². The van der Waals surface area contributed by atoms with Crippen molar-refractivity contribution in [2.45, 2.75) is 85.2 Å². The van der Waals surface area contributed by atoms with Gasteiger partial charge in [-0.05, 0) is 92.3 Å². The van der Waals surface area contributed by atoms with Crippen molar-refractivity contribution in [3.05, 3.63) is 147 Å². The standard InChI is InChI=1S/C33H35ClN4O7.C31H30ClFN2O6.CH4/c1-21-12-23(37-45-21)14-24(39)13-22-5-6-25(15-27(22)34)44-32-26-16-29(41-2)30(17-28(26)35-20-36-32)43-11-3-4-31(40)38-9-7-33(8-10-38)18-42-19-33;1-19-4-7-27(33)21(10-19)12-22(36)11-20-5-6-23(13-26(20)32)41-31-25-14-29(37-2)30(15-28(25)34-18-35-31)40-9-3-8-39-24-16-38-17-24;/h5-6,12,15-17,20H,3-4,7-11,13-14,18-19H2,1-2H3;4-7,10,13-15,18,24H,3,8-9,11-12,16-17H2,1-2H3;1H4. The molecule has 19 nitrogen and oxygen atoms in total. The molecule has 3 aromatic heterocycles. The lowest BCUT2D eigenvalue weighted by atomic mass is 9.77. The van der Waals surface area contributed by atoms with E-state index in [-0.39, 0.29) is 56.7 Å². The fourth-order valence-electron chi connectivity index (χ4n) is 10.1. The highest BCUT2D eigenvalue weighted by atomic mass is 35.5. The highest BCUT2D eigenvalue weighted by Crippen LogP contribution is 2.41. The van der Waals surface area contributed by atoms with Gasteiger partial charge in [0.25, 0.3) is 0 Å². The summed E-state index contributed by atoms with van der Waals surface area (Å²) in [5.41, 5.74) is 4.69. The Hall–Kier alpha value is -8.01. The molecule has 0 atom stereocenters. The number of likely N-dealkylation sites (tertiary alicyclic amines) is 1. The van der Waals surface area contributed by atoms with Gasteiger partial charge in [0.2, 0.25) is 17.7 Å². The predicted octanol–water partition coefficient (Wildman–Crippen LogP) is 12.2. The maximum atomic E-state index is 14.1. The number of nitrogens with zero attached hydrogens (tertiary/aromatic N) is 6. The van der Waals surface area contributed by atoms with Gasteiger partial charge in [-0.15, -0.1) is 0 Å². The Kier molecular flexibility index (Phi) is 21.6. The van der Waals surface area contributed by atoms with Gasteiger partial charge in [0.15, 0.2) is 23.0 Å². The van der Waals surface area contributed by atoms with Crippen molar-refractivity contribution in [2.75, 3.05) is 73.6 Å². The number of benzene rings is 5. The topological polar surface area (TPSA) is 215 Å². The lowest BCUT2D eigenvalue weighted by Gasteiger charge is -2.47. The molecule has 3 fully saturated rings. The molecule has 3 saturated heterocycles. The van der Waals surface area contributed by atoms with Gasteiger partial charge in [0.1, 0.15) is 53.4 Å². The Morgan fingerprint density at radius 1 is 0.644 bits per heavy atom. The van der Waals surface area contributed by atoms with E-state index < -0.39 is 5.82 Å². The number of ether oxygens (including phenoxy) is 9. The van der Waals surface area contributed by atoms with Crippen molar-refractivity contribution in [1.82, 2.24) is 30.0 Å². The predicted molar refractivity (Wildman–Crippen MR) is 324 cm³/mol. The van der Waals surface area contributed by atoms with E-state index in [0.29, 0.717) is 158 Å². The number of methoxy groups -OCH3 is 2. The lowest BCUT2D eigenvalue weighted by Crippen LogP contribution is -2.52. The first-order valence-electron chi connectivity index (χ1n) is 28.3. The van der Waals surface area contributed by atoms with Crippen LogP contribution in [0.3, 0.4) is 0 Å². The minimum Gasteiger partial charge on any atom is -0.493 e. The minimum absolute atomic E-state index is 0. The molecule has 0 N–H and O–H groups in total. The number of aromatic nitrogens is 5. The number of hydrogen-bond acceptors (Lipinski definition) is 18. The highest BCUT2D eigenvalue weighted by Gasteiger charge is 2.42. The molecule has 0 bridgehead atoms. The Labute approximate surface area is 513 Å². The van der Waals surface area contributed by atoms with Gasteiger partial charge in [-0.3, -0.25) is 14.4 Å². The molecule has 11 rings (SSSR count). The molecule has 5 aromatic carbocycles. The molecule has 1 amide bonds. The average Bonchev–Trinajstić information content (AvgIpc) is 1.81. The number of Topliss-reactive ketones (excluding diaryl/α,β-unsaturated/α-hetero) is 2. The monoisotopic (exact) mass is 1230 g/mol. The first-order valence-corrected chi connectivity index (χ1v) is 29.0. The largest absolute Gasteiger partial charge is 0.493 e. The second-order valence-electron chi connectivity index (χ2n) is 21.5. The molecule has 87 heavy (non-hydrogen) atoms. The number of carbonyl (C=O) groups excluding carboxylic acids is 3. The Bertz CT molecular complexity index is 3720. The van der Waals surface area contributed by atoms with Gasteiger partial charge in [0.05, 0.1) is 94.4 Å². The second-order valence-corrected chi connectivity index (χ2v) is 22.3. The van der Waals surface area contributed by atoms with E-state index in [2.05, 4.69) is 25.1 Å². The maximum Gasteiger partial charge on any atom is 0.230 e. The van der Waals surface area contributed by atoms with E-state index in [4.69, 9.17) is 70.4 Å². The van der Waals surface area contributed by atoms with Crippen LogP contribution in [-0.4, -0.2) is 127 Å². The molecule has 3 aliphatic heterocycles. The molecular weight excluding hydrogens is 1160 g/mol. The van der Waals surface area contributed by atoms with Crippen molar-refractivity contribution in [3.8, 4) is 46.3 Å². The smallest absolute Gasteiger partial charge is 0.230 e. The third kappa shape index (κ3) is 16.5. The van der Waals surface area contributed by atoms with Gasteiger partial charge < -0.3 is 52.1 Å². The van der Waals surface area contributed by atoms with Crippen LogP contribution in [0.1, 0.15) is 73.2 Å². The number of piperidine rings is 1. The number of hydrogen-bond donors (Lipinski definition) is 0. The molecule has 0 unspecified atom stereocenters. The summed E-state index contributed by atoms with van der Waals surface area (Å²) < 4.78 is 70.5. The lowest BCUT2D eigenvalue weighted by molar-refractivity contribution is -0.153. The van der Waals surface area contributed by atoms with Gasteiger partial charge in [-0.2, -0.15) is 0 Å². The van der Waals surface area contributed by atoms with Crippen LogP contribution in [0.25, 0.3) is 21.8 Å². The van der Waals surface area contributed by atoms with Crippen LogP contribution in [-0.2, 0) is 54.3 Å². The summed E-state index contributed by atoms with van der Waals surface area (Å²) >= 11 is 13.0. The van der Waals surface area contributed by atoms with Crippen molar-refractivity contribution in [3.63, 3.8) is 0 Å². The fraction of sp³-hybridized carbons (Fsp3) is 0.385. The zero-order chi connectivity index (χ0) is 60.2. The van der Waals surface area contributed by atoms with Gasteiger partial charge in [-0.1, -0.05) is 65.6 Å². The number of carbonyl (C=O) groups is 3. The van der Waals surface area contributed by atoms with Crippen LogP contribution in [0, 0.1) is 25.1 Å². The Morgan fingerprint density at radius 3 is 1.71 bits per heavy atom. The molecule has 1 spiro atoms. The first kappa shape index (κ1) is 63.5. The number of fused-ring (bicyclic) bond motifs is 2. The second kappa shape index (κ2) is 29.6. The van der Waals surface area contributed by atoms with E-state index in [1.54, 1.807) is 100 Å². The molecule has 3 aliphatic rings. The molecule has 458 valence electrons. The summed E-state index contributed by atoms with van der Waals surface area (Å²) in [6, 6.07) is 23.8. The van der Waals surface area contributed by atoms with E-state index in [1.165, 1.54) is 18.7 Å². The normalized spacial score (nSPS) is 14.3. The van der Waals surface area contributed by atoms with Crippen LogP contribution in [0.5, 0.6) is 46.3 Å².